The summed E-state index contributed by atoms with van der Waals surface area (Å²) in [5, 5.41) is 5.43. The summed E-state index contributed by atoms with van der Waals surface area (Å²) in [6.07, 6.45) is 0. The van der Waals surface area contributed by atoms with Crippen molar-refractivity contribution in [2.75, 3.05) is 6.54 Å². The Kier molecular flexibility index (Phi) is 5.14. The Hall–Kier alpha value is -2.67. The van der Waals surface area contributed by atoms with Gasteiger partial charge >= 0.3 is 0 Å². The molecule has 3 aromatic rings. The minimum atomic E-state index is -0.298. The molecule has 1 atom stereocenters. The smallest absolute Gasteiger partial charge is 0.251 e. The van der Waals surface area contributed by atoms with Gasteiger partial charge < -0.3 is 15.6 Å². The van der Waals surface area contributed by atoms with Crippen LogP contribution < -0.4 is 10.6 Å². The molecule has 0 saturated carbocycles. The third-order valence-corrected chi connectivity index (χ3v) is 4.18. The maximum Gasteiger partial charge on any atom is 0.251 e. The Morgan fingerprint density at radius 1 is 1.20 bits per heavy atom. The molecule has 2 amide bonds. The number of H-pyrrole nitrogens is 1. The number of imidazole rings is 1. The van der Waals surface area contributed by atoms with Gasteiger partial charge in [0.2, 0.25) is 5.91 Å². The number of hydrogen-bond donors (Lipinski definition) is 3. The van der Waals surface area contributed by atoms with Gasteiger partial charge in [0, 0.05) is 10.0 Å². The Morgan fingerprint density at radius 3 is 2.76 bits per heavy atom. The largest absolute Gasteiger partial charge is 0.345 e. The molecule has 0 aliphatic rings. The lowest BCUT2D eigenvalue weighted by Gasteiger charge is -2.12. The second-order valence-corrected chi connectivity index (χ2v) is 6.54. The molecule has 2 aromatic carbocycles. The molecular weight excluding hydrogens is 384 g/mol. The van der Waals surface area contributed by atoms with E-state index in [1.807, 2.05) is 37.3 Å². The van der Waals surface area contributed by atoms with Crippen molar-refractivity contribution < 1.29 is 9.59 Å². The first-order valence-electron chi connectivity index (χ1n) is 7.80. The summed E-state index contributed by atoms with van der Waals surface area (Å²) in [5.74, 6) is 0.0945. The van der Waals surface area contributed by atoms with Gasteiger partial charge in [-0.2, -0.15) is 0 Å². The SMILES string of the molecule is C[C@H](NC(=O)CNC(=O)c1cccc(Br)c1)c1nc2ccccc2[nH]1. The second-order valence-electron chi connectivity index (χ2n) is 5.62. The van der Waals surface area contributed by atoms with Gasteiger partial charge in [0.25, 0.3) is 5.91 Å². The van der Waals surface area contributed by atoms with Crippen LogP contribution in [0.4, 0.5) is 0 Å². The molecule has 0 fully saturated rings. The molecule has 0 unspecified atom stereocenters. The summed E-state index contributed by atoms with van der Waals surface area (Å²) < 4.78 is 0.808. The Balaban J connectivity index is 1.55. The molecule has 0 bridgehead atoms. The Labute approximate surface area is 153 Å². The van der Waals surface area contributed by atoms with E-state index in [1.54, 1.807) is 18.2 Å². The molecule has 25 heavy (non-hydrogen) atoms. The molecule has 1 heterocycles. The zero-order chi connectivity index (χ0) is 17.8. The third kappa shape index (κ3) is 4.24. The van der Waals surface area contributed by atoms with Crippen LogP contribution in [0.2, 0.25) is 0 Å². The molecule has 3 N–H and O–H groups in total. The monoisotopic (exact) mass is 400 g/mol. The first-order chi connectivity index (χ1) is 12.0. The molecule has 0 aliphatic heterocycles. The number of aromatic amines is 1. The number of para-hydroxylation sites is 2. The van der Waals surface area contributed by atoms with E-state index in [0.717, 1.165) is 15.5 Å². The Bertz CT molecular complexity index is 889. The highest BCUT2D eigenvalue weighted by Crippen LogP contribution is 2.15. The average Bonchev–Trinajstić information content (AvgIpc) is 3.04. The molecule has 128 valence electrons. The number of halogens is 1. The molecule has 0 radical (unpaired) electrons. The number of aromatic nitrogens is 2. The van der Waals surface area contributed by atoms with Crippen molar-refractivity contribution in [3.63, 3.8) is 0 Å². The minimum absolute atomic E-state index is 0.101. The van der Waals surface area contributed by atoms with Gasteiger partial charge in [-0.1, -0.05) is 34.1 Å². The normalized spacial score (nSPS) is 11.9. The Morgan fingerprint density at radius 2 is 2.00 bits per heavy atom. The van der Waals surface area contributed by atoms with Gasteiger partial charge in [0.05, 0.1) is 23.6 Å². The maximum atomic E-state index is 12.1. The second kappa shape index (κ2) is 7.48. The van der Waals surface area contributed by atoms with E-state index in [1.165, 1.54) is 0 Å². The van der Waals surface area contributed by atoms with Gasteiger partial charge in [-0.15, -0.1) is 0 Å². The maximum absolute atomic E-state index is 12.1. The molecule has 1 aromatic heterocycles. The van der Waals surface area contributed by atoms with Crippen molar-refractivity contribution in [2.24, 2.45) is 0 Å². The first-order valence-corrected chi connectivity index (χ1v) is 8.60. The van der Waals surface area contributed by atoms with E-state index in [2.05, 4.69) is 36.5 Å². The zero-order valence-corrected chi connectivity index (χ0v) is 15.1. The summed E-state index contributed by atoms with van der Waals surface area (Å²) in [7, 11) is 0. The molecule has 0 aliphatic carbocycles. The summed E-state index contributed by atoms with van der Waals surface area (Å²) in [4.78, 5) is 31.7. The fourth-order valence-electron chi connectivity index (χ4n) is 2.43. The summed E-state index contributed by atoms with van der Waals surface area (Å²) >= 11 is 3.31. The standard InChI is InChI=1S/C18H17BrN4O2/c1-11(17-22-14-7-2-3-8-15(14)23-17)21-16(24)10-20-18(25)12-5-4-6-13(19)9-12/h2-9,11H,10H2,1H3,(H,20,25)(H,21,24)(H,22,23)/t11-/m0/s1. The summed E-state index contributed by atoms with van der Waals surface area (Å²) in [6.45, 7) is 1.74. The van der Waals surface area contributed by atoms with Crippen LogP contribution >= 0.6 is 15.9 Å². The minimum Gasteiger partial charge on any atom is -0.345 e. The number of benzene rings is 2. The molecule has 3 rings (SSSR count). The predicted octanol–water partition coefficient (Wildman–Crippen LogP) is 2.93. The van der Waals surface area contributed by atoms with Crippen molar-refractivity contribution in [2.45, 2.75) is 13.0 Å². The number of hydrogen-bond acceptors (Lipinski definition) is 3. The molecule has 0 saturated heterocycles. The van der Waals surface area contributed by atoms with E-state index < -0.39 is 0 Å². The lowest BCUT2D eigenvalue weighted by atomic mass is 10.2. The van der Waals surface area contributed by atoms with Crippen LogP contribution in [0, 0.1) is 0 Å². The molecule has 0 spiro atoms. The number of carbonyl (C=O) groups excluding carboxylic acids is 2. The average molecular weight is 401 g/mol. The van der Waals surface area contributed by atoms with Crippen LogP contribution in [0.25, 0.3) is 11.0 Å². The zero-order valence-electron chi connectivity index (χ0n) is 13.5. The highest BCUT2D eigenvalue weighted by atomic mass is 79.9. The van der Waals surface area contributed by atoms with Crippen LogP contribution in [-0.2, 0) is 4.79 Å². The van der Waals surface area contributed by atoms with Crippen LogP contribution in [0.5, 0.6) is 0 Å². The third-order valence-electron chi connectivity index (χ3n) is 3.69. The number of nitrogens with one attached hydrogen (secondary N) is 3. The van der Waals surface area contributed by atoms with Crippen molar-refractivity contribution in [3.05, 3.63) is 64.4 Å². The van der Waals surface area contributed by atoms with Gasteiger partial charge in [-0.3, -0.25) is 9.59 Å². The highest BCUT2D eigenvalue weighted by Gasteiger charge is 2.14. The van der Waals surface area contributed by atoms with Gasteiger partial charge in [-0.25, -0.2) is 4.98 Å². The summed E-state index contributed by atoms with van der Waals surface area (Å²) in [6, 6.07) is 14.4. The highest BCUT2D eigenvalue weighted by molar-refractivity contribution is 9.10. The topological polar surface area (TPSA) is 86.9 Å². The number of nitrogens with zero attached hydrogens (tertiary/aromatic N) is 1. The van der Waals surface area contributed by atoms with E-state index in [4.69, 9.17) is 0 Å². The van der Waals surface area contributed by atoms with Crippen LogP contribution in [0.15, 0.2) is 53.0 Å². The molecule has 6 nitrogen and oxygen atoms in total. The van der Waals surface area contributed by atoms with E-state index in [0.29, 0.717) is 11.4 Å². The lowest BCUT2D eigenvalue weighted by Crippen LogP contribution is -2.38. The molecular formula is C18H17BrN4O2. The predicted molar refractivity (Wildman–Crippen MR) is 99.1 cm³/mol. The van der Waals surface area contributed by atoms with E-state index in [-0.39, 0.29) is 24.4 Å². The number of rotatable bonds is 5. The van der Waals surface area contributed by atoms with Crippen LogP contribution in [0.1, 0.15) is 29.1 Å². The quantitative estimate of drug-likeness (QED) is 0.615. The van der Waals surface area contributed by atoms with Crippen LogP contribution in [0.3, 0.4) is 0 Å². The van der Waals surface area contributed by atoms with Crippen molar-refractivity contribution in [1.29, 1.82) is 0 Å². The molecule has 7 heteroatoms. The van der Waals surface area contributed by atoms with E-state index in [9.17, 15) is 9.59 Å². The van der Waals surface area contributed by atoms with E-state index >= 15 is 0 Å². The number of fused-ring (bicyclic) bond motifs is 1. The lowest BCUT2D eigenvalue weighted by molar-refractivity contribution is -0.120. The number of carbonyl (C=O) groups is 2. The van der Waals surface area contributed by atoms with Gasteiger partial charge in [0.1, 0.15) is 5.82 Å². The summed E-state index contributed by atoms with van der Waals surface area (Å²) in [5.41, 5.74) is 2.26. The fourth-order valence-corrected chi connectivity index (χ4v) is 2.83. The van der Waals surface area contributed by atoms with Gasteiger partial charge in [-0.05, 0) is 37.3 Å². The van der Waals surface area contributed by atoms with Crippen molar-refractivity contribution in [1.82, 2.24) is 20.6 Å². The number of amides is 2. The first kappa shape index (κ1) is 17.2. The van der Waals surface area contributed by atoms with Crippen molar-refractivity contribution in [3.8, 4) is 0 Å². The van der Waals surface area contributed by atoms with Crippen LogP contribution in [-0.4, -0.2) is 28.3 Å². The van der Waals surface area contributed by atoms with Crippen molar-refractivity contribution >= 4 is 38.8 Å². The fraction of sp³-hybridized carbons (Fsp3) is 0.167. The van der Waals surface area contributed by atoms with Gasteiger partial charge in [0.15, 0.2) is 0 Å².